The number of imidazole rings is 1. The number of hydrogen-bond acceptors (Lipinski definition) is 4. The third-order valence-corrected chi connectivity index (χ3v) is 4.22. The van der Waals surface area contributed by atoms with Gasteiger partial charge in [0.15, 0.2) is 0 Å². The number of nitrogens with zero attached hydrogens (tertiary/aromatic N) is 3. The van der Waals surface area contributed by atoms with Gasteiger partial charge < -0.3 is 9.88 Å². The maximum atomic E-state index is 4.59. The fourth-order valence-corrected chi connectivity index (χ4v) is 2.94. The Morgan fingerprint density at radius 2 is 2.17 bits per heavy atom. The zero-order valence-electron chi connectivity index (χ0n) is 10.6. The molecule has 0 unspecified atom stereocenters. The largest absolute Gasteiger partial charge is 0.378 e. The quantitative estimate of drug-likeness (QED) is 0.768. The van der Waals surface area contributed by atoms with E-state index < -0.39 is 0 Å². The Morgan fingerprint density at radius 1 is 1.33 bits per heavy atom. The number of aromatic nitrogens is 3. The lowest BCUT2D eigenvalue weighted by Gasteiger charge is -1.97. The number of anilines is 1. The molecule has 1 aromatic carbocycles. The van der Waals surface area contributed by atoms with Crippen molar-refractivity contribution in [3.8, 4) is 10.6 Å². The number of hydrogen-bond donors (Lipinski definition) is 1. The van der Waals surface area contributed by atoms with Crippen LogP contribution in [0.5, 0.6) is 0 Å². The molecule has 0 aliphatic heterocycles. The predicted octanol–water partition coefficient (Wildman–Crippen LogP) is 3.05. The minimum atomic E-state index is 1.01. The highest BCUT2D eigenvalue weighted by molar-refractivity contribution is 7.19. The number of nitrogens with one attached hydrogen (secondary N) is 1. The Balaban J connectivity index is 2.12. The van der Waals surface area contributed by atoms with Gasteiger partial charge in [-0.15, -0.1) is 0 Å². The van der Waals surface area contributed by atoms with Crippen LogP contribution in [0.2, 0.25) is 0 Å². The van der Waals surface area contributed by atoms with Gasteiger partial charge in [0.1, 0.15) is 10.0 Å². The smallest absolute Gasteiger partial charge is 0.125 e. The van der Waals surface area contributed by atoms with E-state index in [-0.39, 0.29) is 0 Å². The highest BCUT2D eigenvalue weighted by Crippen LogP contribution is 2.32. The fraction of sp³-hybridized carbons (Fsp3) is 0.231. The Hall–Kier alpha value is -1.88. The third-order valence-electron chi connectivity index (χ3n) is 3.00. The first kappa shape index (κ1) is 11.2. The third kappa shape index (κ3) is 1.67. The average Bonchev–Trinajstić information content (AvgIpc) is 2.93. The standard InChI is InChI=1S/C13H14N4S/c1-8-12(14-2)18-13(16-8)9-4-5-11-10(6-9)15-7-17(11)3/h4-7,14H,1-3H3. The molecule has 92 valence electrons. The van der Waals surface area contributed by atoms with Crippen molar-refractivity contribution in [2.45, 2.75) is 6.92 Å². The van der Waals surface area contributed by atoms with Crippen molar-refractivity contribution < 1.29 is 0 Å². The molecule has 0 aliphatic carbocycles. The van der Waals surface area contributed by atoms with Gasteiger partial charge in [-0.1, -0.05) is 11.3 Å². The van der Waals surface area contributed by atoms with Crippen molar-refractivity contribution in [3.05, 3.63) is 30.2 Å². The zero-order valence-corrected chi connectivity index (χ0v) is 11.4. The first-order valence-corrected chi connectivity index (χ1v) is 6.57. The molecule has 0 saturated carbocycles. The number of rotatable bonds is 2. The van der Waals surface area contributed by atoms with Gasteiger partial charge in [-0.2, -0.15) is 0 Å². The van der Waals surface area contributed by atoms with Crippen LogP contribution in [0.25, 0.3) is 21.6 Å². The maximum absolute atomic E-state index is 4.59. The molecule has 1 N–H and O–H groups in total. The van der Waals surface area contributed by atoms with Gasteiger partial charge in [0.2, 0.25) is 0 Å². The fourth-order valence-electron chi connectivity index (χ4n) is 2.02. The lowest BCUT2D eigenvalue weighted by molar-refractivity contribution is 0.948. The van der Waals surface area contributed by atoms with Crippen LogP contribution in [0.15, 0.2) is 24.5 Å². The second kappa shape index (κ2) is 4.10. The van der Waals surface area contributed by atoms with E-state index in [2.05, 4.69) is 33.5 Å². The number of benzene rings is 1. The van der Waals surface area contributed by atoms with Crippen LogP contribution in [0.1, 0.15) is 5.69 Å². The Bertz CT molecular complexity index is 711. The Morgan fingerprint density at radius 3 is 2.89 bits per heavy atom. The number of fused-ring (bicyclic) bond motifs is 1. The van der Waals surface area contributed by atoms with Crippen LogP contribution >= 0.6 is 11.3 Å². The van der Waals surface area contributed by atoms with Gasteiger partial charge in [-0.05, 0) is 25.1 Å². The summed E-state index contributed by atoms with van der Waals surface area (Å²) >= 11 is 1.67. The molecule has 3 rings (SSSR count). The van der Waals surface area contributed by atoms with Gasteiger partial charge >= 0.3 is 0 Å². The molecule has 0 atom stereocenters. The minimum absolute atomic E-state index is 1.01. The molecule has 18 heavy (non-hydrogen) atoms. The SMILES string of the molecule is CNc1sc(-c2ccc3c(c2)ncn3C)nc1C. The second-order valence-electron chi connectivity index (χ2n) is 4.24. The van der Waals surface area contributed by atoms with E-state index in [1.54, 1.807) is 11.3 Å². The molecule has 0 saturated heterocycles. The molecule has 0 aliphatic rings. The van der Waals surface area contributed by atoms with Gasteiger partial charge in [0, 0.05) is 19.7 Å². The van der Waals surface area contributed by atoms with Crippen LogP contribution in [-0.4, -0.2) is 21.6 Å². The van der Waals surface area contributed by atoms with E-state index in [0.29, 0.717) is 0 Å². The summed E-state index contributed by atoms with van der Waals surface area (Å²) in [6, 6.07) is 6.28. The van der Waals surface area contributed by atoms with Gasteiger partial charge in [-0.25, -0.2) is 9.97 Å². The molecule has 0 bridgehead atoms. The summed E-state index contributed by atoms with van der Waals surface area (Å²) in [7, 11) is 3.92. The Labute approximate surface area is 109 Å². The van der Waals surface area contributed by atoms with Crippen molar-refractivity contribution in [3.63, 3.8) is 0 Å². The normalized spacial score (nSPS) is 11.1. The average molecular weight is 258 g/mol. The van der Waals surface area contributed by atoms with E-state index in [0.717, 1.165) is 32.3 Å². The number of thiazole rings is 1. The van der Waals surface area contributed by atoms with Crippen LogP contribution in [-0.2, 0) is 7.05 Å². The van der Waals surface area contributed by atoms with Crippen LogP contribution in [0, 0.1) is 6.92 Å². The monoisotopic (exact) mass is 258 g/mol. The summed E-state index contributed by atoms with van der Waals surface area (Å²) in [5.74, 6) is 0. The van der Waals surface area contributed by atoms with Crippen molar-refractivity contribution in [1.82, 2.24) is 14.5 Å². The van der Waals surface area contributed by atoms with Gasteiger partial charge in [0.25, 0.3) is 0 Å². The van der Waals surface area contributed by atoms with Gasteiger partial charge in [-0.3, -0.25) is 0 Å². The summed E-state index contributed by atoms with van der Waals surface area (Å²) in [5.41, 5.74) is 4.31. The first-order valence-electron chi connectivity index (χ1n) is 5.75. The summed E-state index contributed by atoms with van der Waals surface area (Å²) in [6.07, 6.45) is 1.83. The van der Waals surface area contributed by atoms with E-state index in [1.807, 2.05) is 31.9 Å². The molecule has 2 aromatic heterocycles. The predicted molar refractivity (Wildman–Crippen MR) is 76.1 cm³/mol. The first-order chi connectivity index (χ1) is 8.69. The minimum Gasteiger partial charge on any atom is -0.378 e. The molecule has 4 nitrogen and oxygen atoms in total. The van der Waals surface area contributed by atoms with E-state index in [4.69, 9.17) is 0 Å². The van der Waals surface area contributed by atoms with Crippen molar-refractivity contribution in [2.24, 2.45) is 7.05 Å². The molecule has 0 fully saturated rings. The van der Waals surface area contributed by atoms with Gasteiger partial charge in [0.05, 0.1) is 23.1 Å². The molecule has 0 spiro atoms. The van der Waals surface area contributed by atoms with Crippen LogP contribution in [0.4, 0.5) is 5.00 Å². The molecule has 0 amide bonds. The molecular formula is C13H14N4S. The second-order valence-corrected chi connectivity index (χ2v) is 5.24. The molecule has 0 radical (unpaired) electrons. The highest BCUT2D eigenvalue weighted by atomic mass is 32.1. The lowest BCUT2D eigenvalue weighted by Crippen LogP contribution is -1.85. The molecule has 3 aromatic rings. The van der Waals surface area contributed by atoms with Crippen LogP contribution in [0.3, 0.4) is 0 Å². The molecule has 2 heterocycles. The molecule has 5 heteroatoms. The van der Waals surface area contributed by atoms with E-state index >= 15 is 0 Å². The molecular weight excluding hydrogens is 244 g/mol. The summed E-state index contributed by atoms with van der Waals surface area (Å²) < 4.78 is 2.02. The van der Waals surface area contributed by atoms with E-state index in [1.165, 1.54) is 0 Å². The highest BCUT2D eigenvalue weighted by Gasteiger charge is 2.09. The van der Waals surface area contributed by atoms with Crippen LogP contribution < -0.4 is 5.32 Å². The van der Waals surface area contributed by atoms with Crippen molar-refractivity contribution >= 4 is 27.4 Å². The maximum Gasteiger partial charge on any atom is 0.125 e. The summed E-state index contributed by atoms with van der Waals surface area (Å²) in [5, 5.41) is 5.31. The Kier molecular flexibility index (Phi) is 2.56. The zero-order chi connectivity index (χ0) is 12.7. The number of aryl methyl sites for hydroxylation is 2. The topological polar surface area (TPSA) is 42.7 Å². The van der Waals surface area contributed by atoms with Crippen molar-refractivity contribution in [1.29, 1.82) is 0 Å². The lowest BCUT2D eigenvalue weighted by atomic mass is 10.2. The van der Waals surface area contributed by atoms with E-state index in [9.17, 15) is 0 Å². The summed E-state index contributed by atoms with van der Waals surface area (Å²) in [4.78, 5) is 8.96. The van der Waals surface area contributed by atoms with Crippen molar-refractivity contribution in [2.75, 3.05) is 12.4 Å². The summed E-state index contributed by atoms with van der Waals surface area (Å²) in [6.45, 7) is 2.02.